The molecule has 2 heterocycles. The van der Waals surface area contributed by atoms with E-state index in [0.717, 1.165) is 11.3 Å². The van der Waals surface area contributed by atoms with Crippen molar-refractivity contribution in [3.63, 3.8) is 0 Å². The number of aryl methyl sites for hydroxylation is 1. The number of nitrogens with zero attached hydrogens (tertiary/aromatic N) is 1. The lowest BCUT2D eigenvalue weighted by Crippen LogP contribution is -2.39. The molecule has 1 amide bonds. The van der Waals surface area contributed by atoms with Crippen molar-refractivity contribution in [2.24, 2.45) is 0 Å². The van der Waals surface area contributed by atoms with Crippen molar-refractivity contribution in [1.29, 1.82) is 0 Å². The molecule has 0 saturated carbocycles. The van der Waals surface area contributed by atoms with Gasteiger partial charge in [-0.15, -0.1) is 11.3 Å². The van der Waals surface area contributed by atoms with Crippen LogP contribution >= 0.6 is 11.3 Å². The first-order chi connectivity index (χ1) is 9.47. The van der Waals surface area contributed by atoms with E-state index < -0.39 is 17.6 Å². The molecule has 0 aliphatic rings. The second kappa shape index (κ2) is 5.57. The monoisotopic (exact) mass is 298 g/mol. The summed E-state index contributed by atoms with van der Waals surface area (Å²) >= 11 is 1.04. The molecular formula is C11H14N4O4S. The molecule has 8 nitrogen and oxygen atoms in total. The molecule has 0 fully saturated rings. The molecule has 20 heavy (non-hydrogen) atoms. The van der Waals surface area contributed by atoms with Gasteiger partial charge in [-0.3, -0.25) is 9.78 Å². The molecule has 0 bridgehead atoms. The molecule has 9 heteroatoms. The number of nitrogens with two attached hydrogens (primary N) is 1. The number of hydrogen-bond donors (Lipinski definition) is 5. The number of aromatic nitrogens is 2. The molecule has 2 rings (SSSR count). The topological polar surface area (TPSA) is 141 Å². The second-order valence-electron chi connectivity index (χ2n) is 4.23. The van der Waals surface area contributed by atoms with Crippen LogP contribution in [0.1, 0.15) is 15.2 Å². The third-order valence-corrected chi connectivity index (χ3v) is 4.01. The highest BCUT2D eigenvalue weighted by Gasteiger charge is 2.20. The molecule has 2 aromatic heterocycles. The standard InChI is InChI=1S/C11H14N4O4S/c1-4-6-8(12)14-11(19)15-10(6)20-7(4)9(18)13-5(2-16)3-17/h5,16-17H,2-3H2,1H3,(H,13,18)(H3,12,14,15,19). The fourth-order valence-electron chi connectivity index (χ4n) is 1.81. The first kappa shape index (κ1) is 14.4. The number of rotatable bonds is 4. The number of nitrogens with one attached hydrogen (secondary N) is 2. The van der Waals surface area contributed by atoms with Crippen molar-refractivity contribution >= 4 is 33.3 Å². The summed E-state index contributed by atoms with van der Waals surface area (Å²) in [6.07, 6.45) is 0. The number of aliphatic hydroxyl groups excluding tert-OH is 2. The highest BCUT2D eigenvalue weighted by molar-refractivity contribution is 7.20. The number of hydrogen-bond acceptors (Lipinski definition) is 7. The Morgan fingerprint density at radius 2 is 2.15 bits per heavy atom. The number of fused-ring (bicyclic) bond motifs is 1. The number of carbonyl (C=O) groups is 1. The molecule has 2 aromatic rings. The quantitative estimate of drug-likeness (QED) is 0.488. The van der Waals surface area contributed by atoms with Gasteiger partial charge in [0.1, 0.15) is 10.6 Å². The maximum atomic E-state index is 12.1. The summed E-state index contributed by atoms with van der Waals surface area (Å²) in [7, 11) is 0. The minimum Gasteiger partial charge on any atom is -0.394 e. The predicted octanol–water partition coefficient (Wildman–Crippen LogP) is -1.04. The first-order valence-corrected chi connectivity index (χ1v) is 6.61. The minimum absolute atomic E-state index is 0.161. The van der Waals surface area contributed by atoms with Crippen LogP contribution in [0.25, 0.3) is 10.2 Å². The maximum Gasteiger partial charge on any atom is 0.347 e. The normalized spacial score (nSPS) is 11.2. The number of thiophene rings is 1. The summed E-state index contributed by atoms with van der Waals surface area (Å²) in [6.45, 7) is 0.952. The molecule has 0 unspecified atom stereocenters. The lowest BCUT2D eigenvalue weighted by atomic mass is 10.2. The molecule has 0 aliphatic carbocycles. The van der Waals surface area contributed by atoms with Crippen LogP contribution in [0.2, 0.25) is 0 Å². The van der Waals surface area contributed by atoms with Crippen LogP contribution in [-0.4, -0.2) is 45.3 Å². The van der Waals surface area contributed by atoms with Gasteiger partial charge in [-0.1, -0.05) is 0 Å². The van der Waals surface area contributed by atoms with Gasteiger partial charge in [0.2, 0.25) is 0 Å². The Balaban J connectivity index is 2.45. The number of anilines is 1. The molecule has 0 atom stereocenters. The maximum absolute atomic E-state index is 12.1. The summed E-state index contributed by atoms with van der Waals surface area (Å²) in [5, 5.41) is 20.9. The number of carbonyl (C=O) groups excluding carboxylic acids is 1. The summed E-state index contributed by atoms with van der Waals surface area (Å²) in [6, 6.07) is -0.737. The van der Waals surface area contributed by atoms with Gasteiger partial charge in [0.05, 0.1) is 29.5 Å². The molecule has 0 saturated heterocycles. The highest BCUT2D eigenvalue weighted by Crippen LogP contribution is 2.31. The summed E-state index contributed by atoms with van der Waals surface area (Å²) in [4.78, 5) is 30.2. The molecule has 0 aromatic carbocycles. The van der Waals surface area contributed by atoms with Crippen LogP contribution in [-0.2, 0) is 0 Å². The molecular weight excluding hydrogens is 284 g/mol. The lowest BCUT2D eigenvalue weighted by molar-refractivity contribution is 0.0883. The predicted molar refractivity (Wildman–Crippen MR) is 74.8 cm³/mol. The average Bonchev–Trinajstić information content (AvgIpc) is 2.73. The van der Waals surface area contributed by atoms with Crippen molar-refractivity contribution in [1.82, 2.24) is 15.3 Å². The van der Waals surface area contributed by atoms with Gasteiger partial charge in [-0.05, 0) is 12.5 Å². The Morgan fingerprint density at radius 3 is 2.75 bits per heavy atom. The second-order valence-corrected chi connectivity index (χ2v) is 5.23. The van der Waals surface area contributed by atoms with E-state index in [1.807, 2.05) is 0 Å². The Morgan fingerprint density at radius 1 is 1.50 bits per heavy atom. The zero-order valence-corrected chi connectivity index (χ0v) is 11.5. The average molecular weight is 298 g/mol. The lowest BCUT2D eigenvalue weighted by Gasteiger charge is -2.12. The van der Waals surface area contributed by atoms with Gasteiger partial charge in [0.15, 0.2) is 0 Å². The number of aromatic amines is 1. The van der Waals surface area contributed by atoms with E-state index in [4.69, 9.17) is 15.9 Å². The van der Waals surface area contributed by atoms with Gasteiger partial charge >= 0.3 is 5.69 Å². The number of aliphatic hydroxyl groups is 2. The van der Waals surface area contributed by atoms with Crippen molar-refractivity contribution in [2.45, 2.75) is 13.0 Å². The highest BCUT2D eigenvalue weighted by atomic mass is 32.1. The Labute approximate surface area is 117 Å². The minimum atomic E-state index is -0.737. The van der Waals surface area contributed by atoms with Gasteiger partial charge in [0.25, 0.3) is 5.91 Å². The molecule has 0 radical (unpaired) electrons. The van der Waals surface area contributed by atoms with Crippen molar-refractivity contribution in [3.05, 3.63) is 20.9 Å². The van der Waals surface area contributed by atoms with E-state index in [9.17, 15) is 9.59 Å². The van der Waals surface area contributed by atoms with E-state index in [1.54, 1.807) is 6.92 Å². The van der Waals surface area contributed by atoms with Crippen LogP contribution in [0, 0.1) is 6.92 Å². The van der Waals surface area contributed by atoms with Crippen molar-refractivity contribution in [2.75, 3.05) is 18.9 Å². The van der Waals surface area contributed by atoms with Crippen LogP contribution in [0.3, 0.4) is 0 Å². The fourth-order valence-corrected chi connectivity index (χ4v) is 2.90. The summed E-state index contributed by atoms with van der Waals surface area (Å²) < 4.78 is 0. The van der Waals surface area contributed by atoms with E-state index in [1.165, 1.54) is 0 Å². The number of H-pyrrole nitrogens is 1. The van der Waals surface area contributed by atoms with Crippen molar-refractivity contribution in [3.8, 4) is 0 Å². The molecule has 0 spiro atoms. The Hall–Kier alpha value is -1.97. The van der Waals surface area contributed by atoms with Gasteiger partial charge in [-0.2, -0.15) is 4.98 Å². The zero-order valence-electron chi connectivity index (χ0n) is 10.6. The third-order valence-electron chi connectivity index (χ3n) is 2.82. The molecule has 6 N–H and O–H groups in total. The van der Waals surface area contributed by atoms with Gasteiger partial charge in [-0.25, -0.2) is 4.79 Å². The van der Waals surface area contributed by atoms with Crippen LogP contribution < -0.4 is 16.7 Å². The largest absolute Gasteiger partial charge is 0.394 e. The summed E-state index contributed by atoms with van der Waals surface area (Å²) in [5.41, 5.74) is 5.74. The van der Waals surface area contributed by atoms with E-state index in [0.29, 0.717) is 20.7 Å². The Kier molecular flexibility index (Phi) is 4.02. The van der Waals surface area contributed by atoms with E-state index in [-0.39, 0.29) is 19.0 Å². The van der Waals surface area contributed by atoms with Crippen LogP contribution in [0.4, 0.5) is 5.82 Å². The van der Waals surface area contributed by atoms with E-state index >= 15 is 0 Å². The van der Waals surface area contributed by atoms with Gasteiger partial charge in [0, 0.05) is 0 Å². The SMILES string of the molecule is Cc1c(C(=O)NC(CO)CO)sc2nc(=O)[nH]c(N)c12. The van der Waals surface area contributed by atoms with Crippen LogP contribution in [0.5, 0.6) is 0 Å². The molecule has 0 aliphatic heterocycles. The number of amides is 1. The zero-order chi connectivity index (χ0) is 14.9. The molecule has 108 valence electrons. The van der Waals surface area contributed by atoms with Crippen LogP contribution in [0.15, 0.2) is 4.79 Å². The smallest absolute Gasteiger partial charge is 0.347 e. The first-order valence-electron chi connectivity index (χ1n) is 5.79. The van der Waals surface area contributed by atoms with Crippen molar-refractivity contribution < 1.29 is 15.0 Å². The fraction of sp³-hybridized carbons (Fsp3) is 0.364. The summed E-state index contributed by atoms with van der Waals surface area (Å²) in [5.74, 6) is -0.292. The Bertz CT molecular complexity index is 704. The van der Waals surface area contributed by atoms with E-state index in [2.05, 4.69) is 15.3 Å². The number of nitrogen functional groups attached to an aromatic ring is 1. The third kappa shape index (κ3) is 2.50. The van der Waals surface area contributed by atoms with Gasteiger partial charge < -0.3 is 21.3 Å².